The van der Waals surface area contributed by atoms with Gasteiger partial charge in [-0.15, -0.1) is 0 Å². The molecule has 1 amide bonds. The Balaban J connectivity index is 2.23. The van der Waals surface area contributed by atoms with E-state index >= 15 is 0 Å². The van der Waals surface area contributed by atoms with E-state index in [2.05, 4.69) is 4.98 Å². The molecule has 0 aliphatic rings. The van der Waals surface area contributed by atoms with Crippen molar-refractivity contribution in [2.24, 2.45) is 5.92 Å². The number of carbonyl (C=O) groups is 1. The zero-order valence-corrected chi connectivity index (χ0v) is 12.5. The third kappa shape index (κ3) is 4.05. The van der Waals surface area contributed by atoms with Crippen LogP contribution in [0.3, 0.4) is 0 Å². The van der Waals surface area contributed by atoms with Gasteiger partial charge in [0.15, 0.2) is 5.69 Å². The van der Waals surface area contributed by atoms with Gasteiger partial charge < -0.3 is 15.1 Å². The molecule has 0 spiro atoms. The molecule has 0 unspecified atom stereocenters. The van der Waals surface area contributed by atoms with Gasteiger partial charge in [0.1, 0.15) is 5.75 Å². The van der Waals surface area contributed by atoms with E-state index in [1.165, 1.54) is 12.3 Å². The summed E-state index contributed by atoms with van der Waals surface area (Å²) in [6.45, 7) is 2.65. The average molecular weight is 300 g/mol. The third-order valence-corrected chi connectivity index (χ3v) is 3.34. The molecular formula is C17H20N2O3. The van der Waals surface area contributed by atoms with Crippen LogP contribution in [0.25, 0.3) is 0 Å². The van der Waals surface area contributed by atoms with Gasteiger partial charge in [-0.2, -0.15) is 0 Å². The summed E-state index contributed by atoms with van der Waals surface area (Å²) in [5.74, 6) is -0.539. The Morgan fingerprint density at radius 2 is 1.95 bits per heavy atom. The summed E-state index contributed by atoms with van der Waals surface area (Å²) < 4.78 is 0. The van der Waals surface area contributed by atoms with Crippen molar-refractivity contribution in [3.8, 4) is 5.75 Å². The highest BCUT2D eigenvalue weighted by Gasteiger charge is 2.22. The van der Waals surface area contributed by atoms with Crippen LogP contribution in [0, 0.1) is 5.92 Å². The monoisotopic (exact) mass is 300 g/mol. The van der Waals surface area contributed by atoms with Crippen molar-refractivity contribution >= 4 is 5.91 Å². The van der Waals surface area contributed by atoms with Gasteiger partial charge in [0.05, 0.1) is 0 Å². The highest BCUT2D eigenvalue weighted by molar-refractivity contribution is 5.94. The Hall–Kier alpha value is -2.40. The fourth-order valence-electron chi connectivity index (χ4n) is 2.17. The summed E-state index contributed by atoms with van der Waals surface area (Å²) in [6, 6.07) is 12.6. The molecule has 5 nitrogen and oxygen atoms in total. The van der Waals surface area contributed by atoms with Crippen molar-refractivity contribution in [2.45, 2.75) is 13.5 Å². The van der Waals surface area contributed by atoms with Crippen molar-refractivity contribution in [3.63, 3.8) is 0 Å². The zero-order valence-electron chi connectivity index (χ0n) is 12.5. The van der Waals surface area contributed by atoms with Gasteiger partial charge in [0.25, 0.3) is 5.91 Å². The molecule has 116 valence electrons. The van der Waals surface area contributed by atoms with Gasteiger partial charge in [-0.25, -0.2) is 4.98 Å². The second kappa shape index (κ2) is 7.56. The summed E-state index contributed by atoms with van der Waals surface area (Å²) in [6.07, 6.45) is 1.48. The maximum Gasteiger partial charge on any atom is 0.276 e. The Morgan fingerprint density at radius 3 is 2.59 bits per heavy atom. The van der Waals surface area contributed by atoms with Crippen molar-refractivity contribution in [1.82, 2.24) is 9.88 Å². The lowest BCUT2D eigenvalue weighted by atomic mass is 10.1. The number of amides is 1. The summed E-state index contributed by atoms with van der Waals surface area (Å²) in [5, 5.41) is 19.1. The summed E-state index contributed by atoms with van der Waals surface area (Å²) in [7, 11) is 0. The summed E-state index contributed by atoms with van der Waals surface area (Å²) >= 11 is 0. The van der Waals surface area contributed by atoms with E-state index in [0.717, 1.165) is 5.56 Å². The molecular weight excluding hydrogens is 280 g/mol. The maximum atomic E-state index is 12.6. The molecule has 2 rings (SSSR count). The van der Waals surface area contributed by atoms with Crippen LogP contribution >= 0.6 is 0 Å². The van der Waals surface area contributed by atoms with Crippen molar-refractivity contribution in [3.05, 3.63) is 59.9 Å². The lowest BCUT2D eigenvalue weighted by Gasteiger charge is -2.25. The number of aromatic nitrogens is 1. The quantitative estimate of drug-likeness (QED) is 0.856. The van der Waals surface area contributed by atoms with E-state index in [-0.39, 0.29) is 29.9 Å². The van der Waals surface area contributed by atoms with E-state index < -0.39 is 0 Å². The van der Waals surface area contributed by atoms with Crippen molar-refractivity contribution in [2.75, 3.05) is 13.2 Å². The number of hydrogen-bond donors (Lipinski definition) is 2. The van der Waals surface area contributed by atoms with Crippen LogP contribution in [0.15, 0.2) is 48.7 Å². The van der Waals surface area contributed by atoms with Crippen LogP contribution in [0.2, 0.25) is 0 Å². The number of hydrogen-bond acceptors (Lipinski definition) is 4. The highest BCUT2D eigenvalue weighted by atomic mass is 16.3. The van der Waals surface area contributed by atoms with Crippen LogP contribution in [0.5, 0.6) is 5.75 Å². The molecule has 1 aromatic carbocycles. The van der Waals surface area contributed by atoms with E-state index in [9.17, 15) is 15.0 Å². The molecule has 0 aliphatic heterocycles. The Kier molecular flexibility index (Phi) is 5.49. The standard InChI is InChI=1S/C17H20N2O3/c1-13(12-20)10-19(11-14-6-3-2-4-7-14)17(22)16-15(21)8-5-9-18-16/h2-9,13,20-21H,10-12H2,1H3/t13-/m1/s1. The average Bonchev–Trinajstić information content (AvgIpc) is 2.55. The Bertz CT molecular complexity index is 616. The number of aromatic hydroxyl groups is 1. The predicted octanol–water partition coefficient (Wildman–Crippen LogP) is 2.06. The first-order valence-corrected chi connectivity index (χ1v) is 7.20. The van der Waals surface area contributed by atoms with Gasteiger partial charge in [-0.1, -0.05) is 37.3 Å². The fraction of sp³-hybridized carbons (Fsp3) is 0.294. The molecule has 0 bridgehead atoms. The molecule has 22 heavy (non-hydrogen) atoms. The zero-order chi connectivity index (χ0) is 15.9. The largest absolute Gasteiger partial charge is 0.505 e. The molecule has 2 N–H and O–H groups in total. The minimum Gasteiger partial charge on any atom is -0.505 e. The number of aliphatic hydroxyl groups excluding tert-OH is 1. The topological polar surface area (TPSA) is 73.7 Å². The number of nitrogens with zero attached hydrogens (tertiary/aromatic N) is 2. The molecule has 0 saturated heterocycles. The lowest BCUT2D eigenvalue weighted by Crippen LogP contribution is -2.35. The summed E-state index contributed by atoms with van der Waals surface area (Å²) in [5.41, 5.74) is 1.01. The first-order chi connectivity index (χ1) is 10.6. The number of rotatable bonds is 6. The number of carbonyl (C=O) groups excluding carboxylic acids is 1. The van der Waals surface area contributed by atoms with Crippen LogP contribution in [-0.2, 0) is 6.54 Å². The first-order valence-electron chi connectivity index (χ1n) is 7.20. The third-order valence-electron chi connectivity index (χ3n) is 3.34. The maximum absolute atomic E-state index is 12.6. The molecule has 1 heterocycles. The Labute approximate surface area is 129 Å². The SMILES string of the molecule is C[C@@H](CO)CN(Cc1ccccc1)C(=O)c1ncccc1O. The molecule has 0 aliphatic carbocycles. The fourth-order valence-corrected chi connectivity index (χ4v) is 2.17. The van der Waals surface area contributed by atoms with E-state index in [1.54, 1.807) is 11.0 Å². The van der Waals surface area contributed by atoms with Crippen molar-refractivity contribution in [1.29, 1.82) is 0 Å². The van der Waals surface area contributed by atoms with Gasteiger partial charge in [-0.05, 0) is 23.6 Å². The number of aliphatic hydroxyl groups is 1. The first kappa shape index (κ1) is 16.0. The smallest absolute Gasteiger partial charge is 0.276 e. The van der Waals surface area contributed by atoms with Crippen molar-refractivity contribution < 1.29 is 15.0 Å². The molecule has 5 heteroatoms. The van der Waals surface area contributed by atoms with Crippen LogP contribution in [-0.4, -0.2) is 39.2 Å². The van der Waals surface area contributed by atoms with Gasteiger partial charge >= 0.3 is 0 Å². The molecule has 1 atom stereocenters. The second-order valence-electron chi connectivity index (χ2n) is 5.33. The van der Waals surface area contributed by atoms with Crippen LogP contribution in [0.1, 0.15) is 23.0 Å². The molecule has 0 radical (unpaired) electrons. The molecule has 1 aromatic heterocycles. The van der Waals surface area contributed by atoms with E-state index in [0.29, 0.717) is 13.1 Å². The van der Waals surface area contributed by atoms with Crippen LogP contribution in [0.4, 0.5) is 0 Å². The predicted molar refractivity (Wildman–Crippen MR) is 83.3 cm³/mol. The Morgan fingerprint density at radius 1 is 1.23 bits per heavy atom. The van der Waals surface area contributed by atoms with Crippen LogP contribution < -0.4 is 0 Å². The number of benzene rings is 1. The minimum absolute atomic E-state index is 0.00717. The minimum atomic E-state index is -0.345. The number of pyridine rings is 1. The summed E-state index contributed by atoms with van der Waals surface area (Å²) in [4.78, 5) is 18.2. The highest BCUT2D eigenvalue weighted by Crippen LogP contribution is 2.18. The lowest BCUT2D eigenvalue weighted by molar-refractivity contribution is 0.0685. The normalized spacial score (nSPS) is 11.9. The van der Waals surface area contributed by atoms with Gasteiger partial charge in [-0.3, -0.25) is 4.79 Å². The van der Waals surface area contributed by atoms with Gasteiger partial charge in [0, 0.05) is 25.9 Å². The second-order valence-corrected chi connectivity index (χ2v) is 5.33. The van der Waals surface area contributed by atoms with Gasteiger partial charge in [0.2, 0.25) is 0 Å². The molecule has 0 fully saturated rings. The molecule has 2 aromatic rings. The van der Waals surface area contributed by atoms with E-state index in [1.807, 2.05) is 37.3 Å². The van der Waals surface area contributed by atoms with E-state index in [4.69, 9.17) is 0 Å². The molecule has 0 saturated carbocycles.